The van der Waals surface area contributed by atoms with Gasteiger partial charge in [0.15, 0.2) is 0 Å². The van der Waals surface area contributed by atoms with Crippen LogP contribution in [0.15, 0.2) is 66.5 Å². The fourth-order valence-corrected chi connectivity index (χ4v) is 2.29. The molecule has 1 heterocycles. The number of aromatic nitrogens is 1. The second-order valence-corrected chi connectivity index (χ2v) is 5.32. The third-order valence-corrected chi connectivity index (χ3v) is 3.64. The van der Waals surface area contributed by atoms with Gasteiger partial charge in [-0.2, -0.15) is 0 Å². The van der Waals surface area contributed by atoms with Crippen molar-refractivity contribution in [1.29, 1.82) is 0 Å². The molecule has 0 fully saturated rings. The molecular formula is C19H16F2N2O. The van der Waals surface area contributed by atoms with E-state index in [4.69, 9.17) is 10.5 Å². The van der Waals surface area contributed by atoms with Crippen LogP contribution in [-0.4, -0.2) is 18.1 Å². The van der Waals surface area contributed by atoms with Crippen LogP contribution < -0.4 is 10.5 Å². The Morgan fingerprint density at radius 1 is 1.08 bits per heavy atom. The molecule has 1 aromatic heterocycles. The van der Waals surface area contributed by atoms with E-state index in [2.05, 4.69) is 4.98 Å². The predicted octanol–water partition coefficient (Wildman–Crippen LogP) is 4.23. The molecule has 2 aromatic carbocycles. The Balaban J connectivity index is 1.84. The van der Waals surface area contributed by atoms with Gasteiger partial charge in [-0.3, -0.25) is 0 Å². The van der Waals surface area contributed by atoms with E-state index in [1.54, 1.807) is 18.2 Å². The first-order valence-corrected chi connectivity index (χ1v) is 7.47. The number of nitrogens with two attached hydrogens (primary N) is 1. The zero-order chi connectivity index (χ0) is 16.9. The van der Waals surface area contributed by atoms with E-state index in [1.807, 2.05) is 24.3 Å². The summed E-state index contributed by atoms with van der Waals surface area (Å²) in [6, 6.07) is 15.4. The fraction of sp³-hybridized carbons (Fsp3) is 0.105. The Hall–Kier alpha value is -2.79. The SMILES string of the molecule is NC/C(=C\F)COc1ccc2nc(-c3ccc(F)cc3)ccc2c1. The topological polar surface area (TPSA) is 48.1 Å². The van der Waals surface area contributed by atoms with Crippen LogP contribution in [0.3, 0.4) is 0 Å². The van der Waals surface area contributed by atoms with Gasteiger partial charge in [0.25, 0.3) is 0 Å². The predicted molar refractivity (Wildman–Crippen MR) is 90.9 cm³/mol. The van der Waals surface area contributed by atoms with Crippen LogP contribution in [0.1, 0.15) is 0 Å². The highest BCUT2D eigenvalue weighted by Crippen LogP contribution is 2.24. The Morgan fingerprint density at radius 2 is 1.88 bits per heavy atom. The minimum absolute atomic E-state index is 0.111. The molecule has 0 amide bonds. The van der Waals surface area contributed by atoms with Crippen LogP contribution in [0.4, 0.5) is 8.78 Å². The lowest BCUT2D eigenvalue weighted by atomic mass is 10.1. The van der Waals surface area contributed by atoms with Crippen molar-refractivity contribution in [2.75, 3.05) is 13.2 Å². The van der Waals surface area contributed by atoms with E-state index < -0.39 is 0 Å². The molecule has 0 aliphatic heterocycles. The summed E-state index contributed by atoms with van der Waals surface area (Å²) in [5.41, 5.74) is 8.19. The first kappa shape index (κ1) is 16.1. The summed E-state index contributed by atoms with van der Waals surface area (Å²) >= 11 is 0. The lowest BCUT2D eigenvalue weighted by Crippen LogP contribution is -2.10. The summed E-state index contributed by atoms with van der Waals surface area (Å²) in [7, 11) is 0. The minimum atomic E-state index is -0.277. The number of fused-ring (bicyclic) bond motifs is 1. The van der Waals surface area contributed by atoms with Gasteiger partial charge in [0, 0.05) is 23.1 Å². The van der Waals surface area contributed by atoms with E-state index in [9.17, 15) is 8.78 Å². The van der Waals surface area contributed by atoms with Crippen molar-refractivity contribution < 1.29 is 13.5 Å². The monoisotopic (exact) mass is 326 g/mol. The molecule has 0 atom stereocenters. The van der Waals surface area contributed by atoms with Gasteiger partial charge < -0.3 is 10.5 Å². The van der Waals surface area contributed by atoms with Crippen LogP contribution in [-0.2, 0) is 0 Å². The minimum Gasteiger partial charge on any atom is -0.489 e. The molecule has 0 aliphatic carbocycles. The largest absolute Gasteiger partial charge is 0.489 e. The summed E-state index contributed by atoms with van der Waals surface area (Å²) in [6.07, 6.45) is 0.470. The van der Waals surface area contributed by atoms with Gasteiger partial charge >= 0.3 is 0 Å². The average molecular weight is 326 g/mol. The van der Waals surface area contributed by atoms with Gasteiger partial charge in [-0.05, 0) is 48.5 Å². The molecule has 24 heavy (non-hydrogen) atoms. The molecule has 3 nitrogen and oxygen atoms in total. The lowest BCUT2D eigenvalue weighted by molar-refractivity contribution is 0.348. The van der Waals surface area contributed by atoms with Crippen molar-refractivity contribution in [3.63, 3.8) is 0 Å². The quantitative estimate of drug-likeness (QED) is 0.763. The van der Waals surface area contributed by atoms with Crippen molar-refractivity contribution in [2.45, 2.75) is 0 Å². The lowest BCUT2D eigenvalue weighted by Gasteiger charge is -2.09. The maximum absolute atomic E-state index is 13.0. The van der Waals surface area contributed by atoms with Gasteiger partial charge in [-0.15, -0.1) is 0 Å². The highest BCUT2D eigenvalue weighted by molar-refractivity contribution is 5.82. The number of rotatable bonds is 5. The summed E-state index contributed by atoms with van der Waals surface area (Å²) in [4.78, 5) is 4.57. The Bertz CT molecular complexity index is 876. The van der Waals surface area contributed by atoms with Crippen molar-refractivity contribution in [3.05, 3.63) is 72.3 Å². The molecule has 0 bridgehead atoms. The maximum atomic E-state index is 13.0. The number of ether oxygens (including phenoxy) is 1. The molecular weight excluding hydrogens is 310 g/mol. The van der Waals surface area contributed by atoms with E-state index in [0.717, 1.165) is 22.2 Å². The van der Waals surface area contributed by atoms with Gasteiger partial charge in [0.2, 0.25) is 0 Å². The fourth-order valence-electron chi connectivity index (χ4n) is 2.29. The average Bonchev–Trinajstić information content (AvgIpc) is 2.62. The molecule has 0 spiro atoms. The number of pyridine rings is 1. The van der Waals surface area contributed by atoms with Crippen LogP contribution in [0, 0.1) is 5.82 Å². The first-order valence-electron chi connectivity index (χ1n) is 7.47. The van der Waals surface area contributed by atoms with E-state index in [1.165, 1.54) is 12.1 Å². The number of benzene rings is 2. The molecule has 2 N–H and O–H groups in total. The number of nitrogens with zero attached hydrogens (tertiary/aromatic N) is 1. The zero-order valence-electron chi connectivity index (χ0n) is 12.9. The first-order chi connectivity index (χ1) is 11.7. The second-order valence-electron chi connectivity index (χ2n) is 5.32. The van der Waals surface area contributed by atoms with Gasteiger partial charge in [-0.25, -0.2) is 13.8 Å². The van der Waals surface area contributed by atoms with Crippen LogP contribution in [0.2, 0.25) is 0 Å². The Kier molecular flexibility index (Phi) is 4.82. The van der Waals surface area contributed by atoms with Crippen molar-refractivity contribution in [3.8, 4) is 17.0 Å². The highest BCUT2D eigenvalue weighted by atomic mass is 19.1. The zero-order valence-corrected chi connectivity index (χ0v) is 12.9. The Morgan fingerprint density at radius 3 is 2.58 bits per heavy atom. The molecule has 0 saturated heterocycles. The van der Waals surface area contributed by atoms with Crippen LogP contribution >= 0.6 is 0 Å². The van der Waals surface area contributed by atoms with Gasteiger partial charge in [0.05, 0.1) is 17.5 Å². The normalized spacial score (nSPS) is 11.7. The van der Waals surface area contributed by atoms with E-state index >= 15 is 0 Å². The van der Waals surface area contributed by atoms with Crippen LogP contribution in [0.25, 0.3) is 22.2 Å². The van der Waals surface area contributed by atoms with Crippen molar-refractivity contribution in [2.24, 2.45) is 5.73 Å². The maximum Gasteiger partial charge on any atom is 0.123 e. The molecule has 0 radical (unpaired) electrons. The number of hydrogen-bond donors (Lipinski definition) is 1. The molecule has 3 rings (SSSR count). The second kappa shape index (κ2) is 7.19. The van der Waals surface area contributed by atoms with Crippen LogP contribution in [0.5, 0.6) is 5.75 Å². The van der Waals surface area contributed by atoms with Crippen molar-refractivity contribution >= 4 is 10.9 Å². The van der Waals surface area contributed by atoms with E-state index in [0.29, 0.717) is 17.7 Å². The molecule has 122 valence electrons. The molecule has 0 saturated carbocycles. The molecule has 3 aromatic rings. The summed E-state index contributed by atoms with van der Waals surface area (Å²) in [6.45, 7) is 0.228. The van der Waals surface area contributed by atoms with Gasteiger partial charge in [0.1, 0.15) is 18.2 Å². The third-order valence-electron chi connectivity index (χ3n) is 3.64. The molecule has 5 heteroatoms. The van der Waals surface area contributed by atoms with Gasteiger partial charge in [-0.1, -0.05) is 6.07 Å². The van der Waals surface area contributed by atoms with E-state index in [-0.39, 0.29) is 19.0 Å². The number of halogens is 2. The molecule has 0 aliphatic rings. The molecule has 0 unspecified atom stereocenters. The Labute approximate surface area is 138 Å². The summed E-state index contributed by atoms with van der Waals surface area (Å²) in [5.74, 6) is 0.340. The summed E-state index contributed by atoms with van der Waals surface area (Å²) in [5, 5.41) is 0.900. The highest BCUT2D eigenvalue weighted by Gasteiger charge is 2.04. The summed E-state index contributed by atoms with van der Waals surface area (Å²) < 4.78 is 31.0. The third kappa shape index (κ3) is 3.58. The standard InChI is InChI=1S/C19H16F2N2O/c20-10-13(11-22)12-24-17-6-8-19-15(9-17)3-7-18(23-19)14-1-4-16(21)5-2-14/h1-10H,11-12,22H2/b13-10+. The van der Waals surface area contributed by atoms with Crippen molar-refractivity contribution in [1.82, 2.24) is 4.98 Å². The number of hydrogen-bond acceptors (Lipinski definition) is 3. The smallest absolute Gasteiger partial charge is 0.123 e.